The van der Waals surface area contributed by atoms with E-state index in [-0.39, 0.29) is 12.0 Å². The van der Waals surface area contributed by atoms with Gasteiger partial charge in [0.1, 0.15) is 6.10 Å². The van der Waals surface area contributed by atoms with Crippen molar-refractivity contribution in [3.05, 3.63) is 0 Å². The lowest BCUT2D eigenvalue weighted by molar-refractivity contribution is -0.139. The third-order valence-electron chi connectivity index (χ3n) is 2.71. The van der Waals surface area contributed by atoms with E-state index in [0.717, 1.165) is 19.4 Å². The molecule has 1 fully saturated rings. The quantitative estimate of drug-likeness (QED) is 0.483. The zero-order valence-electron chi connectivity index (χ0n) is 9.24. The molecule has 0 aliphatic carbocycles. The fourth-order valence-electron chi connectivity index (χ4n) is 1.52. The maximum atomic E-state index is 9.73. The second-order valence-corrected chi connectivity index (χ2v) is 3.99. The average molecular weight is 202 g/mol. The Morgan fingerprint density at radius 2 is 2.21 bits per heavy atom. The van der Waals surface area contributed by atoms with Gasteiger partial charge < -0.3 is 14.6 Å². The lowest BCUT2D eigenvalue weighted by Crippen LogP contribution is -2.25. The Morgan fingerprint density at radius 3 is 2.71 bits per heavy atom. The van der Waals surface area contributed by atoms with Gasteiger partial charge >= 0.3 is 0 Å². The summed E-state index contributed by atoms with van der Waals surface area (Å²) < 4.78 is 10.4. The van der Waals surface area contributed by atoms with Crippen molar-refractivity contribution in [1.82, 2.24) is 0 Å². The van der Waals surface area contributed by atoms with Gasteiger partial charge in [-0.1, -0.05) is 26.7 Å². The normalized spacial score (nSPS) is 24.6. The summed E-state index contributed by atoms with van der Waals surface area (Å²) in [6, 6.07) is 0. The molecule has 0 radical (unpaired) electrons. The minimum atomic E-state index is -0.601. The van der Waals surface area contributed by atoms with Gasteiger partial charge in [-0.05, 0) is 12.8 Å². The van der Waals surface area contributed by atoms with Crippen molar-refractivity contribution >= 4 is 0 Å². The number of epoxide rings is 1. The van der Waals surface area contributed by atoms with Gasteiger partial charge in [-0.2, -0.15) is 0 Å². The monoisotopic (exact) mass is 202 g/mol. The maximum absolute atomic E-state index is 9.73. The molecule has 84 valence electrons. The van der Waals surface area contributed by atoms with Crippen LogP contribution in [-0.2, 0) is 9.47 Å². The van der Waals surface area contributed by atoms with Gasteiger partial charge in [0.25, 0.3) is 0 Å². The van der Waals surface area contributed by atoms with Gasteiger partial charge in [0.05, 0.1) is 13.2 Å². The molecule has 3 atom stereocenters. The first-order valence-corrected chi connectivity index (χ1v) is 5.69. The molecule has 3 heteroatoms. The van der Waals surface area contributed by atoms with Crippen molar-refractivity contribution in [3.8, 4) is 0 Å². The second-order valence-electron chi connectivity index (χ2n) is 3.99. The predicted molar refractivity (Wildman–Crippen MR) is 55.0 cm³/mol. The highest BCUT2D eigenvalue weighted by Gasteiger charge is 2.25. The molecular formula is C11H22O3. The number of ether oxygens (including phenoxy) is 2. The molecule has 0 bridgehead atoms. The van der Waals surface area contributed by atoms with Crippen LogP contribution in [0.3, 0.4) is 0 Å². The minimum absolute atomic E-state index is 0.244. The standard InChI is InChI=1S/C11H22O3/c1-3-5-6-9(4-2)11(12)14-8-10-7-13-10/h9-12H,3-8H2,1-2H3. The summed E-state index contributed by atoms with van der Waals surface area (Å²) in [5, 5.41) is 9.73. The Bertz CT molecular complexity index is 145. The zero-order chi connectivity index (χ0) is 10.4. The first kappa shape index (κ1) is 12.0. The number of hydrogen-bond donors (Lipinski definition) is 1. The minimum Gasteiger partial charge on any atom is -0.371 e. The van der Waals surface area contributed by atoms with Gasteiger partial charge in [0, 0.05) is 5.92 Å². The smallest absolute Gasteiger partial charge is 0.157 e. The van der Waals surface area contributed by atoms with Crippen LogP contribution in [0.1, 0.15) is 39.5 Å². The molecule has 0 saturated carbocycles. The van der Waals surface area contributed by atoms with E-state index in [4.69, 9.17) is 9.47 Å². The van der Waals surface area contributed by atoms with Crippen molar-refractivity contribution in [2.75, 3.05) is 13.2 Å². The van der Waals surface area contributed by atoms with E-state index in [1.54, 1.807) is 0 Å². The molecule has 0 amide bonds. The summed E-state index contributed by atoms with van der Waals surface area (Å²) in [5.74, 6) is 0.286. The summed E-state index contributed by atoms with van der Waals surface area (Å²) in [5.41, 5.74) is 0. The average Bonchev–Trinajstić information content (AvgIpc) is 2.99. The third-order valence-corrected chi connectivity index (χ3v) is 2.71. The SMILES string of the molecule is CCCCC(CC)C(O)OCC1CO1. The van der Waals surface area contributed by atoms with Crippen LogP contribution in [-0.4, -0.2) is 30.7 Å². The highest BCUT2D eigenvalue weighted by Crippen LogP contribution is 2.19. The van der Waals surface area contributed by atoms with E-state index < -0.39 is 6.29 Å². The molecule has 0 aromatic carbocycles. The second kappa shape index (κ2) is 6.38. The Hall–Kier alpha value is -0.120. The van der Waals surface area contributed by atoms with Gasteiger partial charge in [0.2, 0.25) is 0 Å². The molecule has 3 nitrogen and oxygen atoms in total. The number of aliphatic hydroxyl groups excluding tert-OH is 1. The molecule has 0 spiro atoms. The first-order chi connectivity index (χ1) is 6.77. The first-order valence-electron chi connectivity index (χ1n) is 5.69. The van der Waals surface area contributed by atoms with Crippen LogP contribution < -0.4 is 0 Å². The highest BCUT2D eigenvalue weighted by atomic mass is 16.6. The zero-order valence-corrected chi connectivity index (χ0v) is 9.24. The van der Waals surface area contributed by atoms with Crippen LogP contribution in [0.4, 0.5) is 0 Å². The van der Waals surface area contributed by atoms with E-state index in [2.05, 4.69) is 13.8 Å². The molecule has 1 aliphatic rings. The largest absolute Gasteiger partial charge is 0.371 e. The third kappa shape index (κ3) is 4.40. The fourth-order valence-corrected chi connectivity index (χ4v) is 1.52. The Balaban J connectivity index is 2.12. The van der Waals surface area contributed by atoms with Crippen LogP contribution in [0, 0.1) is 5.92 Å². The maximum Gasteiger partial charge on any atom is 0.157 e. The van der Waals surface area contributed by atoms with Gasteiger partial charge in [0.15, 0.2) is 6.29 Å². The Morgan fingerprint density at radius 1 is 1.50 bits per heavy atom. The molecule has 1 rings (SSSR count). The van der Waals surface area contributed by atoms with Crippen molar-refractivity contribution < 1.29 is 14.6 Å². The van der Waals surface area contributed by atoms with E-state index >= 15 is 0 Å². The molecule has 0 aromatic rings. The van der Waals surface area contributed by atoms with E-state index in [9.17, 15) is 5.11 Å². The van der Waals surface area contributed by atoms with Crippen LogP contribution in [0.5, 0.6) is 0 Å². The molecular weight excluding hydrogens is 180 g/mol. The summed E-state index contributed by atoms with van der Waals surface area (Å²) in [7, 11) is 0. The van der Waals surface area contributed by atoms with E-state index in [1.807, 2.05) is 0 Å². The van der Waals surface area contributed by atoms with Crippen LogP contribution in [0.2, 0.25) is 0 Å². The van der Waals surface area contributed by atoms with Gasteiger partial charge in [-0.25, -0.2) is 0 Å². The van der Waals surface area contributed by atoms with E-state index in [1.165, 1.54) is 12.8 Å². The molecule has 1 N–H and O–H groups in total. The topological polar surface area (TPSA) is 42.0 Å². The molecule has 1 heterocycles. The summed E-state index contributed by atoms with van der Waals surface area (Å²) in [4.78, 5) is 0. The number of unbranched alkanes of at least 4 members (excludes halogenated alkanes) is 1. The Kier molecular flexibility index (Phi) is 5.45. The summed E-state index contributed by atoms with van der Waals surface area (Å²) in [6.07, 6.45) is 4.02. The molecule has 1 saturated heterocycles. The fraction of sp³-hybridized carbons (Fsp3) is 1.00. The Labute approximate surface area is 86.4 Å². The summed E-state index contributed by atoms with van der Waals surface area (Å²) >= 11 is 0. The lowest BCUT2D eigenvalue weighted by atomic mass is 9.99. The van der Waals surface area contributed by atoms with Crippen molar-refractivity contribution in [2.24, 2.45) is 5.92 Å². The number of hydrogen-bond acceptors (Lipinski definition) is 3. The van der Waals surface area contributed by atoms with Crippen LogP contribution >= 0.6 is 0 Å². The molecule has 14 heavy (non-hydrogen) atoms. The van der Waals surface area contributed by atoms with Gasteiger partial charge in [-0.3, -0.25) is 0 Å². The van der Waals surface area contributed by atoms with Crippen molar-refractivity contribution in [3.63, 3.8) is 0 Å². The summed E-state index contributed by atoms with van der Waals surface area (Å²) in [6.45, 7) is 5.60. The lowest BCUT2D eigenvalue weighted by Gasteiger charge is -2.21. The van der Waals surface area contributed by atoms with Crippen molar-refractivity contribution in [1.29, 1.82) is 0 Å². The predicted octanol–water partition coefficient (Wildman–Crippen LogP) is 1.94. The number of rotatable bonds is 8. The van der Waals surface area contributed by atoms with Gasteiger partial charge in [-0.15, -0.1) is 0 Å². The van der Waals surface area contributed by atoms with Crippen LogP contribution in [0.25, 0.3) is 0 Å². The molecule has 3 unspecified atom stereocenters. The van der Waals surface area contributed by atoms with Crippen LogP contribution in [0.15, 0.2) is 0 Å². The molecule has 0 aromatic heterocycles. The molecule has 1 aliphatic heterocycles. The van der Waals surface area contributed by atoms with Crippen molar-refractivity contribution in [2.45, 2.75) is 51.9 Å². The highest BCUT2D eigenvalue weighted by molar-refractivity contribution is 4.69. The number of aliphatic hydroxyl groups is 1. The van der Waals surface area contributed by atoms with E-state index in [0.29, 0.717) is 6.61 Å².